The van der Waals surface area contributed by atoms with E-state index in [1.165, 1.54) is 12.1 Å². The molecular formula is C19H31FN2O2. The maximum atomic E-state index is 13.0. The molecule has 5 heteroatoms. The van der Waals surface area contributed by atoms with Gasteiger partial charge in [0.25, 0.3) is 0 Å². The van der Waals surface area contributed by atoms with E-state index in [-0.39, 0.29) is 11.4 Å². The minimum absolute atomic E-state index is 0.195. The number of aliphatic hydroxyl groups is 1. The van der Waals surface area contributed by atoms with Crippen molar-refractivity contribution in [2.75, 3.05) is 38.2 Å². The van der Waals surface area contributed by atoms with Gasteiger partial charge in [0.15, 0.2) is 0 Å². The van der Waals surface area contributed by atoms with Gasteiger partial charge in [-0.15, -0.1) is 0 Å². The van der Waals surface area contributed by atoms with Crippen LogP contribution in [0.5, 0.6) is 0 Å². The highest BCUT2D eigenvalue weighted by molar-refractivity contribution is 5.46. The third kappa shape index (κ3) is 6.04. The van der Waals surface area contributed by atoms with E-state index >= 15 is 0 Å². The van der Waals surface area contributed by atoms with Crippen molar-refractivity contribution >= 4 is 5.69 Å². The van der Waals surface area contributed by atoms with Gasteiger partial charge in [-0.05, 0) is 64.9 Å². The minimum Gasteiger partial charge on any atom is -0.389 e. The third-order valence-electron chi connectivity index (χ3n) is 4.49. The van der Waals surface area contributed by atoms with Gasteiger partial charge in [0.1, 0.15) is 5.82 Å². The Morgan fingerprint density at radius 3 is 2.38 bits per heavy atom. The van der Waals surface area contributed by atoms with Crippen molar-refractivity contribution in [3.63, 3.8) is 0 Å². The zero-order chi connectivity index (χ0) is 17.7. The first kappa shape index (κ1) is 19.2. The van der Waals surface area contributed by atoms with Crippen LogP contribution in [-0.2, 0) is 4.74 Å². The quantitative estimate of drug-likeness (QED) is 0.865. The predicted octanol–water partition coefficient (Wildman–Crippen LogP) is 2.90. The first-order valence-corrected chi connectivity index (χ1v) is 8.77. The lowest BCUT2D eigenvalue weighted by molar-refractivity contribution is -0.0574. The van der Waals surface area contributed by atoms with E-state index in [1.54, 1.807) is 0 Å². The van der Waals surface area contributed by atoms with E-state index < -0.39 is 6.10 Å². The van der Waals surface area contributed by atoms with Crippen LogP contribution >= 0.6 is 0 Å². The van der Waals surface area contributed by atoms with Gasteiger partial charge in [0.05, 0.1) is 18.3 Å². The van der Waals surface area contributed by atoms with Gasteiger partial charge in [-0.1, -0.05) is 0 Å². The molecule has 1 N–H and O–H groups in total. The number of hydrogen-bond acceptors (Lipinski definition) is 4. The average Bonchev–Trinajstić information content (AvgIpc) is 2.53. The van der Waals surface area contributed by atoms with E-state index in [0.717, 1.165) is 31.6 Å². The van der Waals surface area contributed by atoms with Crippen molar-refractivity contribution in [3.05, 3.63) is 30.1 Å². The molecule has 0 aromatic heterocycles. The van der Waals surface area contributed by atoms with Crippen LogP contribution < -0.4 is 4.90 Å². The van der Waals surface area contributed by atoms with Crippen molar-refractivity contribution in [1.29, 1.82) is 0 Å². The molecule has 0 bridgehead atoms. The van der Waals surface area contributed by atoms with E-state index in [4.69, 9.17) is 4.74 Å². The summed E-state index contributed by atoms with van der Waals surface area (Å²) in [7, 11) is 2.07. The maximum absolute atomic E-state index is 13.0. The lowest BCUT2D eigenvalue weighted by Gasteiger charge is -2.38. The third-order valence-corrected chi connectivity index (χ3v) is 4.49. The van der Waals surface area contributed by atoms with E-state index in [9.17, 15) is 9.50 Å². The van der Waals surface area contributed by atoms with Gasteiger partial charge in [0.2, 0.25) is 0 Å². The van der Waals surface area contributed by atoms with Gasteiger partial charge in [-0.3, -0.25) is 0 Å². The summed E-state index contributed by atoms with van der Waals surface area (Å²) >= 11 is 0. The Labute approximate surface area is 145 Å². The van der Waals surface area contributed by atoms with Gasteiger partial charge >= 0.3 is 0 Å². The molecule has 1 aromatic carbocycles. The molecule has 0 spiro atoms. The summed E-state index contributed by atoms with van der Waals surface area (Å²) in [4.78, 5) is 4.53. The fourth-order valence-electron chi connectivity index (χ4n) is 3.10. The minimum atomic E-state index is -0.468. The van der Waals surface area contributed by atoms with Crippen LogP contribution in [0.1, 0.15) is 33.6 Å². The molecule has 1 aliphatic heterocycles. The highest BCUT2D eigenvalue weighted by Gasteiger charge is 2.24. The number of piperidine rings is 1. The molecule has 0 saturated carbocycles. The topological polar surface area (TPSA) is 35.9 Å². The molecule has 0 radical (unpaired) electrons. The van der Waals surface area contributed by atoms with Gasteiger partial charge in [0, 0.05) is 31.4 Å². The van der Waals surface area contributed by atoms with Crippen molar-refractivity contribution in [2.24, 2.45) is 0 Å². The number of hydrogen-bond donors (Lipinski definition) is 1. The van der Waals surface area contributed by atoms with Gasteiger partial charge < -0.3 is 19.6 Å². The summed E-state index contributed by atoms with van der Waals surface area (Å²) in [6.45, 7) is 8.88. The highest BCUT2D eigenvalue weighted by atomic mass is 19.1. The lowest BCUT2D eigenvalue weighted by Crippen LogP contribution is -2.46. The number of halogens is 1. The number of rotatable bonds is 6. The molecule has 1 saturated heterocycles. The van der Waals surface area contributed by atoms with Crippen molar-refractivity contribution < 1.29 is 14.2 Å². The standard InChI is InChI=1S/C19H31FN2O2/c1-19(2,3)24-14-18(23)13-21(4)16-9-11-22(12-10-16)17-7-5-15(20)6-8-17/h5-8,16,18,23H,9-14H2,1-4H3. The van der Waals surface area contributed by atoms with Crippen LogP contribution in [0.4, 0.5) is 10.1 Å². The van der Waals surface area contributed by atoms with Crippen LogP contribution in [-0.4, -0.2) is 61.0 Å². The first-order chi connectivity index (χ1) is 11.2. The molecule has 24 heavy (non-hydrogen) atoms. The zero-order valence-electron chi connectivity index (χ0n) is 15.3. The van der Waals surface area contributed by atoms with E-state index in [1.807, 2.05) is 32.9 Å². The SMILES string of the molecule is CN(CC(O)COC(C)(C)C)C1CCN(c2ccc(F)cc2)CC1. The molecule has 1 atom stereocenters. The Kier molecular flexibility index (Phi) is 6.61. The fourth-order valence-corrected chi connectivity index (χ4v) is 3.10. The highest BCUT2D eigenvalue weighted by Crippen LogP contribution is 2.22. The molecule has 1 heterocycles. The summed E-state index contributed by atoms with van der Waals surface area (Å²) in [5.41, 5.74) is 0.858. The molecule has 0 aliphatic carbocycles. The van der Waals surface area contributed by atoms with Gasteiger partial charge in [-0.25, -0.2) is 4.39 Å². The molecule has 1 aromatic rings. The molecule has 1 unspecified atom stereocenters. The van der Waals surface area contributed by atoms with E-state index in [2.05, 4.69) is 16.8 Å². The summed E-state index contributed by atoms with van der Waals surface area (Å²) in [5.74, 6) is -0.195. The number of benzene rings is 1. The second-order valence-corrected chi connectivity index (χ2v) is 7.71. The Morgan fingerprint density at radius 2 is 1.83 bits per heavy atom. The molecule has 1 fully saturated rings. The maximum Gasteiger partial charge on any atom is 0.123 e. The van der Waals surface area contributed by atoms with Crippen LogP contribution in [0.3, 0.4) is 0 Å². The Balaban J connectivity index is 1.76. The molecule has 1 aliphatic rings. The van der Waals surface area contributed by atoms with Crippen molar-refractivity contribution in [2.45, 2.75) is 51.4 Å². The zero-order valence-corrected chi connectivity index (χ0v) is 15.3. The number of aliphatic hydroxyl groups excluding tert-OH is 1. The average molecular weight is 338 g/mol. The first-order valence-electron chi connectivity index (χ1n) is 8.77. The lowest BCUT2D eigenvalue weighted by atomic mass is 10.0. The molecule has 4 nitrogen and oxygen atoms in total. The second kappa shape index (κ2) is 8.28. The number of likely N-dealkylation sites (N-methyl/N-ethyl adjacent to an activating group) is 1. The summed E-state index contributed by atoms with van der Waals surface area (Å²) in [6, 6.07) is 7.17. The molecule has 136 valence electrons. The largest absolute Gasteiger partial charge is 0.389 e. The normalized spacial score (nSPS) is 18.2. The van der Waals surface area contributed by atoms with Crippen LogP contribution in [0.25, 0.3) is 0 Å². The predicted molar refractivity (Wildman–Crippen MR) is 96.0 cm³/mol. The van der Waals surface area contributed by atoms with E-state index in [0.29, 0.717) is 19.2 Å². The smallest absolute Gasteiger partial charge is 0.123 e. The second-order valence-electron chi connectivity index (χ2n) is 7.71. The summed E-state index contributed by atoms with van der Waals surface area (Å²) in [5, 5.41) is 10.2. The molecular weight excluding hydrogens is 307 g/mol. The van der Waals surface area contributed by atoms with Crippen molar-refractivity contribution in [3.8, 4) is 0 Å². The Hall–Kier alpha value is -1.17. The Bertz CT molecular complexity index is 493. The summed E-state index contributed by atoms with van der Waals surface area (Å²) < 4.78 is 18.7. The van der Waals surface area contributed by atoms with Gasteiger partial charge in [-0.2, -0.15) is 0 Å². The molecule has 0 amide bonds. The van der Waals surface area contributed by atoms with Crippen LogP contribution in [0.2, 0.25) is 0 Å². The van der Waals surface area contributed by atoms with Crippen LogP contribution in [0, 0.1) is 5.82 Å². The number of ether oxygens (including phenoxy) is 1. The Morgan fingerprint density at radius 1 is 1.25 bits per heavy atom. The van der Waals surface area contributed by atoms with Crippen LogP contribution in [0.15, 0.2) is 24.3 Å². The fraction of sp³-hybridized carbons (Fsp3) is 0.684. The molecule has 2 rings (SSSR count). The monoisotopic (exact) mass is 338 g/mol. The summed E-state index contributed by atoms with van der Waals surface area (Å²) in [6.07, 6.45) is 1.62. The number of nitrogens with zero attached hydrogens (tertiary/aromatic N) is 2. The number of anilines is 1. The van der Waals surface area contributed by atoms with Crippen molar-refractivity contribution in [1.82, 2.24) is 4.90 Å².